The van der Waals surface area contributed by atoms with Gasteiger partial charge in [0.15, 0.2) is 0 Å². The maximum Gasteiger partial charge on any atom is 0.251 e. The Morgan fingerprint density at radius 1 is 1.33 bits per heavy atom. The molecule has 0 aliphatic heterocycles. The van der Waals surface area contributed by atoms with Gasteiger partial charge in [-0.3, -0.25) is 4.79 Å². The highest BCUT2D eigenvalue weighted by Crippen LogP contribution is 2.04. The van der Waals surface area contributed by atoms with Crippen LogP contribution in [0.3, 0.4) is 0 Å². The Balaban J connectivity index is 0.00000289. The summed E-state index contributed by atoms with van der Waals surface area (Å²) in [6, 6.07) is 6.87. The molecular formula is C13H21ClN2O2. The second kappa shape index (κ2) is 8.78. The lowest BCUT2D eigenvalue weighted by atomic mass is 10.2. The third-order valence-corrected chi connectivity index (χ3v) is 2.23. The minimum absolute atomic E-state index is 0. The lowest BCUT2D eigenvalue weighted by molar-refractivity contribution is 0.0757. The zero-order valence-corrected chi connectivity index (χ0v) is 11.6. The summed E-state index contributed by atoms with van der Waals surface area (Å²) in [5.74, 6) is -0.0745. The Labute approximate surface area is 114 Å². The van der Waals surface area contributed by atoms with Crippen LogP contribution in [0.15, 0.2) is 24.3 Å². The average Bonchev–Trinajstić information content (AvgIpc) is 2.29. The van der Waals surface area contributed by atoms with Crippen molar-refractivity contribution in [3.05, 3.63) is 29.8 Å². The van der Waals surface area contributed by atoms with Crippen LogP contribution in [0.25, 0.3) is 0 Å². The van der Waals surface area contributed by atoms with Gasteiger partial charge in [-0.2, -0.15) is 0 Å². The molecule has 0 saturated heterocycles. The molecule has 4 nitrogen and oxygen atoms in total. The molecule has 0 atom stereocenters. The highest BCUT2D eigenvalue weighted by molar-refractivity contribution is 5.94. The number of hydrogen-bond acceptors (Lipinski definition) is 3. The number of nitrogens with one attached hydrogen (secondary N) is 1. The molecule has 0 unspecified atom stereocenters. The molecular weight excluding hydrogens is 252 g/mol. The third kappa shape index (κ3) is 6.47. The number of rotatable bonds is 6. The van der Waals surface area contributed by atoms with E-state index in [-0.39, 0.29) is 24.4 Å². The number of carbonyl (C=O) groups is 1. The molecule has 1 rings (SSSR count). The summed E-state index contributed by atoms with van der Waals surface area (Å²) >= 11 is 0. The largest absolute Gasteiger partial charge is 0.399 e. The summed E-state index contributed by atoms with van der Waals surface area (Å²) in [6.07, 6.45) is 1.06. The van der Waals surface area contributed by atoms with Gasteiger partial charge in [-0.25, -0.2) is 0 Å². The molecule has 0 bridgehead atoms. The maximum atomic E-state index is 11.7. The first-order valence-corrected chi connectivity index (χ1v) is 5.85. The molecule has 1 aromatic carbocycles. The van der Waals surface area contributed by atoms with E-state index >= 15 is 0 Å². The van der Waals surface area contributed by atoms with Crippen molar-refractivity contribution >= 4 is 24.0 Å². The molecule has 0 spiro atoms. The number of halogens is 1. The molecule has 0 fully saturated rings. The first-order valence-electron chi connectivity index (χ1n) is 5.85. The quantitative estimate of drug-likeness (QED) is 0.617. The molecule has 0 saturated carbocycles. The van der Waals surface area contributed by atoms with Crippen molar-refractivity contribution in [3.8, 4) is 0 Å². The van der Waals surface area contributed by atoms with Crippen LogP contribution >= 0.6 is 12.4 Å². The molecule has 0 radical (unpaired) electrons. The Morgan fingerprint density at radius 2 is 1.94 bits per heavy atom. The van der Waals surface area contributed by atoms with Crippen LogP contribution in [-0.4, -0.2) is 25.2 Å². The number of anilines is 1. The Bertz CT molecular complexity index is 353. The van der Waals surface area contributed by atoms with E-state index in [0.29, 0.717) is 24.4 Å². The zero-order chi connectivity index (χ0) is 12.7. The SMILES string of the molecule is CC(C)OCCCNC(=O)c1ccc(N)cc1.Cl. The van der Waals surface area contributed by atoms with Crippen molar-refractivity contribution in [3.63, 3.8) is 0 Å². The number of benzene rings is 1. The molecule has 0 aliphatic rings. The molecule has 0 aliphatic carbocycles. The number of nitrogen functional groups attached to an aromatic ring is 1. The Morgan fingerprint density at radius 3 is 2.50 bits per heavy atom. The van der Waals surface area contributed by atoms with Crippen molar-refractivity contribution in [1.82, 2.24) is 5.32 Å². The predicted molar refractivity (Wildman–Crippen MR) is 76.1 cm³/mol. The fourth-order valence-electron chi connectivity index (χ4n) is 1.33. The van der Waals surface area contributed by atoms with Crippen molar-refractivity contribution < 1.29 is 9.53 Å². The van der Waals surface area contributed by atoms with Gasteiger partial charge in [-0.1, -0.05) is 0 Å². The van der Waals surface area contributed by atoms with E-state index in [1.54, 1.807) is 24.3 Å². The monoisotopic (exact) mass is 272 g/mol. The standard InChI is InChI=1S/C13H20N2O2.ClH/c1-10(2)17-9-3-8-15-13(16)11-4-6-12(14)7-5-11;/h4-7,10H,3,8-9,14H2,1-2H3,(H,15,16);1H. The molecule has 0 heterocycles. The van der Waals surface area contributed by atoms with Crippen LogP contribution in [0.2, 0.25) is 0 Å². The lowest BCUT2D eigenvalue weighted by Crippen LogP contribution is -2.25. The minimum atomic E-state index is -0.0745. The molecule has 102 valence electrons. The van der Waals surface area contributed by atoms with E-state index in [4.69, 9.17) is 10.5 Å². The second-order valence-corrected chi connectivity index (χ2v) is 4.15. The third-order valence-electron chi connectivity index (χ3n) is 2.23. The van der Waals surface area contributed by atoms with E-state index in [9.17, 15) is 4.79 Å². The molecule has 18 heavy (non-hydrogen) atoms. The first kappa shape index (κ1) is 16.7. The fourth-order valence-corrected chi connectivity index (χ4v) is 1.33. The zero-order valence-electron chi connectivity index (χ0n) is 10.8. The van der Waals surface area contributed by atoms with Gasteiger partial charge in [0.25, 0.3) is 5.91 Å². The van der Waals surface area contributed by atoms with Gasteiger partial charge in [-0.15, -0.1) is 12.4 Å². The summed E-state index contributed by atoms with van der Waals surface area (Å²) in [5, 5.41) is 2.83. The molecule has 3 N–H and O–H groups in total. The van der Waals surface area contributed by atoms with Gasteiger partial charge in [0.1, 0.15) is 0 Å². The van der Waals surface area contributed by atoms with E-state index in [1.165, 1.54) is 0 Å². The molecule has 0 aromatic heterocycles. The Kier molecular flexibility index (Phi) is 8.16. The number of carbonyl (C=O) groups excluding carboxylic acids is 1. The minimum Gasteiger partial charge on any atom is -0.399 e. The summed E-state index contributed by atoms with van der Waals surface area (Å²) in [6.45, 7) is 5.27. The number of hydrogen-bond donors (Lipinski definition) is 2. The van der Waals surface area contributed by atoms with E-state index in [1.807, 2.05) is 13.8 Å². The topological polar surface area (TPSA) is 64.3 Å². The highest BCUT2D eigenvalue weighted by Gasteiger charge is 2.03. The van der Waals surface area contributed by atoms with Crippen LogP contribution in [0.5, 0.6) is 0 Å². The summed E-state index contributed by atoms with van der Waals surface area (Å²) in [4.78, 5) is 11.7. The fraction of sp³-hybridized carbons (Fsp3) is 0.462. The normalized spacial score (nSPS) is 9.94. The maximum absolute atomic E-state index is 11.7. The summed E-state index contributed by atoms with van der Waals surface area (Å²) in [7, 11) is 0. The van der Waals surface area contributed by atoms with Gasteiger partial charge in [0.2, 0.25) is 0 Å². The summed E-state index contributed by atoms with van der Waals surface area (Å²) in [5.41, 5.74) is 6.83. The number of amides is 1. The van der Waals surface area contributed by atoms with Gasteiger partial charge in [0.05, 0.1) is 6.10 Å². The predicted octanol–water partition coefficient (Wildman–Crippen LogP) is 2.24. The van der Waals surface area contributed by atoms with E-state index < -0.39 is 0 Å². The van der Waals surface area contributed by atoms with Crippen molar-refractivity contribution in [1.29, 1.82) is 0 Å². The van der Waals surface area contributed by atoms with Crippen molar-refractivity contribution in [2.75, 3.05) is 18.9 Å². The van der Waals surface area contributed by atoms with Crippen LogP contribution in [0.4, 0.5) is 5.69 Å². The molecule has 5 heteroatoms. The molecule has 1 aromatic rings. The molecule has 1 amide bonds. The smallest absolute Gasteiger partial charge is 0.251 e. The van der Waals surface area contributed by atoms with Crippen molar-refractivity contribution in [2.45, 2.75) is 26.4 Å². The van der Waals surface area contributed by atoms with E-state index in [2.05, 4.69) is 5.32 Å². The van der Waals surface area contributed by atoms with Crippen LogP contribution in [0.1, 0.15) is 30.6 Å². The second-order valence-electron chi connectivity index (χ2n) is 4.15. The van der Waals surface area contributed by atoms with Crippen molar-refractivity contribution in [2.24, 2.45) is 0 Å². The van der Waals surface area contributed by atoms with Crippen LogP contribution < -0.4 is 11.1 Å². The van der Waals surface area contributed by atoms with Gasteiger partial charge < -0.3 is 15.8 Å². The lowest BCUT2D eigenvalue weighted by Gasteiger charge is -2.08. The number of ether oxygens (including phenoxy) is 1. The summed E-state index contributed by atoms with van der Waals surface area (Å²) < 4.78 is 5.38. The first-order chi connectivity index (χ1) is 8.09. The van der Waals surface area contributed by atoms with Gasteiger partial charge in [-0.05, 0) is 44.5 Å². The van der Waals surface area contributed by atoms with Gasteiger partial charge in [0, 0.05) is 24.4 Å². The number of nitrogens with two attached hydrogens (primary N) is 1. The van der Waals surface area contributed by atoms with Crippen LogP contribution in [0, 0.1) is 0 Å². The van der Waals surface area contributed by atoms with Crippen LogP contribution in [-0.2, 0) is 4.74 Å². The highest BCUT2D eigenvalue weighted by atomic mass is 35.5. The van der Waals surface area contributed by atoms with Gasteiger partial charge >= 0.3 is 0 Å². The van der Waals surface area contributed by atoms with E-state index in [0.717, 1.165) is 6.42 Å². The Hall–Kier alpha value is -1.26. The average molecular weight is 273 g/mol.